The van der Waals surface area contributed by atoms with Crippen molar-refractivity contribution in [2.24, 2.45) is 0 Å². The fourth-order valence-electron chi connectivity index (χ4n) is 2.89. The summed E-state index contributed by atoms with van der Waals surface area (Å²) in [5.41, 5.74) is 3.62. The molecule has 2 rings (SSSR count). The fraction of sp³-hybridized carbons (Fsp3) is 0.364. The van der Waals surface area contributed by atoms with Crippen molar-refractivity contribution in [3.05, 3.63) is 53.1 Å². The standard InChI is InChI=1S/C22H27NO5/c1-14-9-11-18(15(2)13-14)23-22(25)16(3)28-20(24)12-10-17-7-6-8-19(26-4)21(17)27-5/h6-9,11,13,16H,10,12H2,1-5H3,(H,23,25)/t16-/m1/s1. The van der Waals surface area contributed by atoms with Crippen LogP contribution in [0.4, 0.5) is 5.69 Å². The Morgan fingerprint density at radius 1 is 1.07 bits per heavy atom. The van der Waals surface area contributed by atoms with Gasteiger partial charge in [0.05, 0.1) is 14.2 Å². The Morgan fingerprint density at radius 3 is 2.46 bits per heavy atom. The average molecular weight is 385 g/mol. The van der Waals surface area contributed by atoms with Crippen molar-refractivity contribution in [1.82, 2.24) is 0 Å². The lowest BCUT2D eigenvalue weighted by Gasteiger charge is -2.16. The third kappa shape index (κ3) is 5.49. The highest BCUT2D eigenvalue weighted by molar-refractivity contribution is 5.95. The molecule has 28 heavy (non-hydrogen) atoms. The smallest absolute Gasteiger partial charge is 0.306 e. The summed E-state index contributed by atoms with van der Waals surface area (Å²) in [5.74, 6) is 0.389. The van der Waals surface area contributed by atoms with E-state index in [0.717, 1.165) is 16.7 Å². The Hall–Kier alpha value is -3.02. The van der Waals surface area contributed by atoms with Gasteiger partial charge in [0.15, 0.2) is 17.6 Å². The molecule has 2 aromatic rings. The van der Waals surface area contributed by atoms with Crippen molar-refractivity contribution in [2.45, 2.75) is 39.7 Å². The van der Waals surface area contributed by atoms with Gasteiger partial charge in [0.1, 0.15) is 0 Å². The van der Waals surface area contributed by atoms with E-state index >= 15 is 0 Å². The SMILES string of the molecule is COc1cccc(CCC(=O)O[C@H](C)C(=O)Nc2ccc(C)cc2C)c1OC. The minimum Gasteiger partial charge on any atom is -0.493 e. The molecule has 6 nitrogen and oxygen atoms in total. The van der Waals surface area contributed by atoms with Crippen molar-refractivity contribution < 1.29 is 23.8 Å². The van der Waals surface area contributed by atoms with Crippen LogP contribution in [0.3, 0.4) is 0 Å². The van der Waals surface area contributed by atoms with Crippen molar-refractivity contribution in [3.8, 4) is 11.5 Å². The Balaban J connectivity index is 1.91. The van der Waals surface area contributed by atoms with Crippen LogP contribution >= 0.6 is 0 Å². The normalized spacial score (nSPS) is 11.5. The highest BCUT2D eigenvalue weighted by Crippen LogP contribution is 2.31. The summed E-state index contributed by atoms with van der Waals surface area (Å²) in [6.45, 7) is 5.46. The maximum atomic E-state index is 12.3. The first-order valence-corrected chi connectivity index (χ1v) is 9.13. The number of nitrogens with one attached hydrogen (secondary N) is 1. The van der Waals surface area contributed by atoms with Gasteiger partial charge in [-0.2, -0.15) is 0 Å². The number of amides is 1. The second-order valence-electron chi connectivity index (χ2n) is 6.59. The summed E-state index contributed by atoms with van der Waals surface area (Å²) in [7, 11) is 3.12. The van der Waals surface area contributed by atoms with E-state index in [4.69, 9.17) is 14.2 Å². The number of para-hydroxylation sites is 1. The van der Waals surface area contributed by atoms with Gasteiger partial charge >= 0.3 is 5.97 Å². The molecule has 0 aromatic heterocycles. The average Bonchev–Trinajstić information content (AvgIpc) is 2.67. The Bertz CT molecular complexity index is 847. The lowest BCUT2D eigenvalue weighted by Crippen LogP contribution is -2.30. The number of esters is 1. The maximum Gasteiger partial charge on any atom is 0.306 e. The fourth-order valence-corrected chi connectivity index (χ4v) is 2.89. The lowest BCUT2D eigenvalue weighted by atomic mass is 10.1. The summed E-state index contributed by atoms with van der Waals surface area (Å²) < 4.78 is 15.9. The van der Waals surface area contributed by atoms with E-state index < -0.39 is 12.1 Å². The Morgan fingerprint density at radius 2 is 1.82 bits per heavy atom. The third-order valence-corrected chi connectivity index (χ3v) is 4.40. The molecule has 1 atom stereocenters. The first-order valence-electron chi connectivity index (χ1n) is 9.13. The van der Waals surface area contributed by atoms with E-state index in [-0.39, 0.29) is 12.3 Å². The summed E-state index contributed by atoms with van der Waals surface area (Å²) in [6, 6.07) is 11.2. The van der Waals surface area contributed by atoms with Crippen molar-refractivity contribution in [1.29, 1.82) is 0 Å². The molecule has 0 aliphatic rings. The number of carbonyl (C=O) groups is 2. The van der Waals surface area contributed by atoms with E-state index in [0.29, 0.717) is 23.6 Å². The van der Waals surface area contributed by atoms with E-state index in [1.165, 1.54) is 0 Å². The molecular formula is C22H27NO5. The second kappa shape index (κ2) is 9.78. The minimum atomic E-state index is -0.889. The van der Waals surface area contributed by atoms with Crippen LogP contribution in [0.15, 0.2) is 36.4 Å². The zero-order valence-corrected chi connectivity index (χ0v) is 17.0. The van der Waals surface area contributed by atoms with E-state index in [1.807, 2.05) is 44.2 Å². The van der Waals surface area contributed by atoms with Crippen LogP contribution in [0.2, 0.25) is 0 Å². The van der Waals surface area contributed by atoms with Gasteiger partial charge in [-0.3, -0.25) is 9.59 Å². The molecule has 1 N–H and O–H groups in total. The predicted molar refractivity (Wildman–Crippen MR) is 108 cm³/mol. The molecule has 0 saturated carbocycles. The first kappa shape index (κ1) is 21.3. The number of methoxy groups -OCH3 is 2. The molecule has 0 unspecified atom stereocenters. The van der Waals surface area contributed by atoms with Crippen LogP contribution in [0.5, 0.6) is 11.5 Å². The van der Waals surface area contributed by atoms with Gasteiger partial charge in [-0.15, -0.1) is 0 Å². The molecule has 0 heterocycles. The van der Waals surface area contributed by atoms with Crippen molar-refractivity contribution in [3.63, 3.8) is 0 Å². The zero-order chi connectivity index (χ0) is 20.7. The molecule has 0 bridgehead atoms. The van der Waals surface area contributed by atoms with Crippen molar-refractivity contribution >= 4 is 17.6 Å². The maximum absolute atomic E-state index is 12.3. The molecule has 0 aliphatic carbocycles. The monoisotopic (exact) mass is 385 g/mol. The quantitative estimate of drug-likeness (QED) is 0.699. The summed E-state index contributed by atoms with van der Waals surface area (Å²) in [4.78, 5) is 24.5. The molecule has 0 aliphatic heterocycles. The predicted octanol–water partition coefficient (Wildman–Crippen LogP) is 3.82. The molecule has 1 amide bonds. The lowest BCUT2D eigenvalue weighted by molar-refractivity contribution is -0.153. The number of carbonyl (C=O) groups excluding carboxylic acids is 2. The number of rotatable bonds is 8. The molecule has 0 saturated heterocycles. The number of anilines is 1. The highest BCUT2D eigenvalue weighted by atomic mass is 16.5. The number of ether oxygens (including phenoxy) is 3. The van der Waals surface area contributed by atoms with Gasteiger partial charge in [-0.25, -0.2) is 0 Å². The number of aryl methyl sites for hydroxylation is 3. The van der Waals surface area contributed by atoms with E-state index in [9.17, 15) is 9.59 Å². The summed E-state index contributed by atoms with van der Waals surface area (Å²) in [5, 5.41) is 2.80. The largest absolute Gasteiger partial charge is 0.493 e. The molecule has 0 spiro atoms. The van der Waals surface area contributed by atoms with Crippen LogP contribution in [0, 0.1) is 13.8 Å². The van der Waals surface area contributed by atoms with Crippen LogP contribution in [0.1, 0.15) is 30.0 Å². The first-order chi connectivity index (χ1) is 13.3. The molecule has 0 radical (unpaired) electrons. The van der Waals surface area contributed by atoms with Crippen LogP contribution < -0.4 is 14.8 Å². The van der Waals surface area contributed by atoms with E-state index in [1.54, 1.807) is 27.2 Å². The molecule has 0 fully saturated rings. The minimum absolute atomic E-state index is 0.130. The summed E-state index contributed by atoms with van der Waals surface area (Å²) in [6.07, 6.45) is -0.338. The number of hydrogen-bond acceptors (Lipinski definition) is 5. The van der Waals surface area contributed by atoms with Gasteiger partial charge in [0.25, 0.3) is 5.91 Å². The van der Waals surface area contributed by atoms with Gasteiger partial charge in [-0.05, 0) is 50.5 Å². The van der Waals surface area contributed by atoms with Crippen LogP contribution in [-0.2, 0) is 20.7 Å². The summed E-state index contributed by atoms with van der Waals surface area (Å²) >= 11 is 0. The van der Waals surface area contributed by atoms with Gasteiger partial charge in [0.2, 0.25) is 0 Å². The second-order valence-corrected chi connectivity index (χ2v) is 6.59. The molecule has 2 aromatic carbocycles. The zero-order valence-electron chi connectivity index (χ0n) is 17.0. The molecule has 150 valence electrons. The van der Waals surface area contributed by atoms with Gasteiger partial charge in [-0.1, -0.05) is 29.8 Å². The van der Waals surface area contributed by atoms with Crippen LogP contribution in [0.25, 0.3) is 0 Å². The van der Waals surface area contributed by atoms with Gasteiger partial charge in [0, 0.05) is 12.1 Å². The third-order valence-electron chi connectivity index (χ3n) is 4.40. The number of benzene rings is 2. The van der Waals surface area contributed by atoms with Gasteiger partial charge < -0.3 is 19.5 Å². The van der Waals surface area contributed by atoms with E-state index in [2.05, 4.69) is 5.32 Å². The van der Waals surface area contributed by atoms with Crippen LogP contribution in [-0.4, -0.2) is 32.2 Å². The number of hydrogen-bond donors (Lipinski definition) is 1. The molecular weight excluding hydrogens is 358 g/mol. The Labute approximate surface area is 165 Å². The highest BCUT2D eigenvalue weighted by Gasteiger charge is 2.19. The molecule has 6 heteroatoms. The van der Waals surface area contributed by atoms with Crippen molar-refractivity contribution in [2.75, 3.05) is 19.5 Å². The topological polar surface area (TPSA) is 73.9 Å². The Kier molecular flexibility index (Phi) is 7.44.